The fraction of sp³-hybridized carbons (Fsp3) is 0.600. The van der Waals surface area contributed by atoms with Crippen LogP contribution in [0.25, 0.3) is 0 Å². The highest BCUT2D eigenvalue weighted by Gasteiger charge is 2.37. The van der Waals surface area contributed by atoms with Crippen LogP contribution in [-0.4, -0.2) is 58.0 Å². The number of hydrogen-bond donors (Lipinski definition) is 2. The molecule has 3 N–H and O–H groups in total. The highest BCUT2D eigenvalue weighted by atomic mass is 16.3. The summed E-state index contributed by atoms with van der Waals surface area (Å²) in [6, 6.07) is 6.16. The summed E-state index contributed by atoms with van der Waals surface area (Å²) >= 11 is 0. The van der Waals surface area contributed by atoms with E-state index in [1.54, 1.807) is 12.1 Å². The highest BCUT2D eigenvalue weighted by Crippen LogP contribution is 2.32. The molecule has 1 saturated carbocycles. The zero-order valence-corrected chi connectivity index (χ0v) is 15.1. The van der Waals surface area contributed by atoms with E-state index in [0.29, 0.717) is 23.7 Å². The number of nitrogens with zero attached hydrogens (tertiary/aromatic N) is 2. The molecular weight excluding hydrogens is 330 g/mol. The Bertz CT molecular complexity index is 704. The third-order valence-electron chi connectivity index (χ3n) is 6.35. The van der Waals surface area contributed by atoms with Crippen molar-refractivity contribution in [3.63, 3.8) is 0 Å². The topological polar surface area (TPSA) is 86.9 Å². The summed E-state index contributed by atoms with van der Waals surface area (Å²) in [5.41, 5.74) is 7.21. The second-order valence-corrected chi connectivity index (χ2v) is 7.87. The van der Waals surface area contributed by atoms with E-state index >= 15 is 0 Å². The van der Waals surface area contributed by atoms with Crippen molar-refractivity contribution in [1.29, 1.82) is 0 Å². The lowest BCUT2D eigenvalue weighted by Crippen LogP contribution is -2.49. The normalized spacial score (nSPS) is 27.6. The molecule has 0 spiro atoms. The van der Waals surface area contributed by atoms with E-state index in [0.717, 1.165) is 57.2 Å². The summed E-state index contributed by atoms with van der Waals surface area (Å²) in [4.78, 5) is 29.0. The number of aliphatic hydroxyl groups is 1. The zero-order chi connectivity index (χ0) is 18.3. The van der Waals surface area contributed by atoms with Crippen LogP contribution >= 0.6 is 0 Å². The van der Waals surface area contributed by atoms with Crippen LogP contribution in [0.3, 0.4) is 0 Å². The number of primary amides is 1. The number of aliphatic hydroxyl groups excluding tert-OH is 1. The average Bonchev–Trinajstić information content (AvgIpc) is 2.99. The van der Waals surface area contributed by atoms with Crippen molar-refractivity contribution in [3.8, 4) is 0 Å². The summed E-state index contributed by atoms with van der Waals surface area (Å²) in [7, 11) is 0. The fourth-order valence-electron chi connectivity index (χ4n) is 4.87. The Morgan fingerprint density at radius 2 is 1.73 bits per heavy atom. The summed E-state index contributed by atoms with van der Waals surface area (Å²) in [6.07, 6.45) is 5.75. The number of piperidine rings is 1. The molecule has 6 nitrogen and oxygen atoms in total. The molecule has 2 fully saturated rings. The van der Waals surface area contributed by atoms with Crippen LogP contribution < -0.4 is 5.73 Å². The predicted octanol–water partition coefficient (Wildman–Crippen LogP) is 1.51. The molecule has 1 aliphatic carbocycles. The molecule has 26 heavy (non-hydrogen) atoms. The molecule has 1 saturated heterocycles. The molecule has 1 aromatic carbocycles. The molecule has 0 aromatic heterocycles. The molecule has 2 heterocycles. The average molecular weight is 357 g/mol. The molecule has 0 atom stereocenters. The zero-order valence-electron chi connectivity index (χ0n) is 15.1. The van der Waals surface area contributed by atoms with Gasteiger partial charge in [0, 0.05) is 31.7 Å². The summed E-state index contributed by atoms with van der Waals surface area (Å²) in [5, 5.41) is 9.69. The van der Waals surface area contributed by atoms with Gasteiger partial charge >= 0.3 is 0 Å². The largest absolute Gasteiger partial charge is 0.393 e. The molecular formula is C20H27N3O3. The van der Waals surface area contributed by atoms with Crippen LogP contribution in [0.4, 0.5) is 0 Å². The maximum Gasteiger partial charge on any atom is 0.255 e. The van der Waals surface area contributed by atoms with Crippen molar-refractivity contribution >= 4 is 11.8 Å². The monoisotopic (exact) mass is 357 g/mol. The van der Waals surface area contributed by atoms with E-state index in [-0.39, 0.29) is 18.1 Å². The quantitative estimate of drug-likeness (QED) is 0.858. The molecule has 0 bridgehead atoms. The molecule has 2 amide bonds. The maximum atomic E-state index is 12.9. The van der Waals surface area contributed by atoms with E-state index in [1.165, 1.54) is 0 Å². The van der Waals surface area contributed by atoms with Gasteiger partial charge in [-0.15, -0.1) is 0 Å². The number of benzene rings is 1. The van der Waals surface area contributed by atoms with Gasteiger partial charge in [0.1, 0.15) is 0 Å². The van der Waals surface area contributed by atoms with Crippen molar-refractivity contribution < 1.29 is 14.7 Å². The molecule has 140 valence electrons. The van der Waals surface area contributed by atoms with E-state index < -0.39 is 5.91 Å². The third kappa shape index (κ3) is 3.12. The standard InChI is InChI=1S/C20H27N3O3/c21-19(25)17-3-1-2-13-12-23(20(26)18(13)17)15-8-10-22(11-9-15)14-4-6-16(24)7-5-14/h1-3,14-16,24H,4-12H2,(H2,21,25)/t14-,16+. The Kier molecular flexibility index (Phi) is 4.71. The van der Waals surface area contributed by atoms with Crippen molar-refractivity contribution in [2.75, 3.05) is 13.1 Å². The molecule has 2 aliphatic heterocycles. The van der Waals surface area contributed by atoms with Crippen LogP contribution in [0.5, 0.6) is 0 Å². The Morgan fingerprint density at radius 3 is 2.38 bits per heavy atom. The lowest BCUT2D eigenvalue weighted by atomic mass is 9.90. The number of carbonyl (C=O) groups excluding carboxylic acids is 2. The van der Waals surface area contributed by atoms with Crippen molar-refractivity contribution in [1.82, 2.24) is 9.80 Å². The SMILES string of the molecule is NC(=O)c1cccc2c1C(=O)N(C1CCN([C@H]3CC[C@@H](O)CC3)CC1)C2. The first-order chi connectivity index (χ1) is 12.5. The molecule has 0 unspecified atom stereocenters. The maximum absolute atomic E-state index is 12.9. The first kappa shape index (κ1) is 17.5. The van der Waals surface area contributed by atoms with Crippen molar-refractivity contribution in [2.24, 2.45) is 5.73 Å². The number of nitrogens with two attached hydrogens (primary N) is 1. The first-order valence-electron chi connectivity index (χ1n) is 9.69. The number of likely N-dealkylation sites (tertiary alicyclic amines) is 1. The van der Waals surface area contributed by atoms with Gasteiger partial charge in [0.05, 0.1) is 17.2 Å². The van der Waals surface area contributed by atoms with E-state index in [2.05, 4.69) is 4.90 Å². The number of fused-ring (bicyclic) bond motifs is 1. The van der Waals surface area contributed by atoms with Crippen LogP contribution in [0.1, 0.15) is 64.8 Å². The molecule has 0 radical (unpaired) electrons. The van der Waals surface area contributed by atoms with E-state index in [9.17, 15) is 14.7 Å². The van der Waals surface area contributed by atoms with Crippen molar-refractivity contribution in [3.05, 3.63) is 34.9 Å². The lowest BCUT2D eigenvalue weighted by Gasteiger charge is -2.42. The van der Waals surface area contributed by atoms with Gasteiger partial charge in [-0.1, -0.05) is 12.1 Å². The van der Waals surface area contributed by atoms with Crippen LogP contribution in [-0.2, 0) is 6.54 Å². The van der Waals surface area contributed by atoms with E-state index in [4.69, 9.17) is 5.73 Å². The second-order valence-electron chi connectivity index (χ2n) is 7.87. The fourth-order valence-corrected chi connectivity index (χ4v) is 4.87. The van der Waals surface area contributed by atoms with Gasteiger partial charge in [0.2, 0.25) is 5.91 Å². The number of hydrogen-bond acceptors (Lipinski definition) is 4. The van der Waals surface area contributed by atoms with E-state index in [1.807, 2.05) is 11.0 Å². The lowest BCUT2D eigenvalue weighted by molar-refractivity contribution is 0.0371. The molecule has 3 aliphatic rings. The minimum atomic E-state index is -0.536. The van der Waals surface area contributed by atoms with Gasteiger partial charge in [-0.2, -0.15) is 0 Å². The molecule has 4 rings (SSSR count). The number of amides is 2. The molecule has 6 heteroatoms. The summed E-state index contributed by atoms with van der Waals surface area (Å²) < 4.78 is 0. The number of carbonyl (C=O) groups is 2. The molecule has 1 aromatic rings. The van der Waals surface area contributed by atoms with Gasteiger partial charge in [-0.05, 0) is 50.2 Å². The Morgan fingerprint density at radius 1 is 1.04 bits per heavy atom. The van der Waals surface area contributed by atoms with Gasteiger partial charge in [0.15, 0.2) is 0 Å². The Labute approximate surface area is 153 Å². The Hall–Kier alpha value is -1.92. The van der Waals surface area contributed by atoms with Gasteiger partial charge < -0.3 is 20.6 Å². The van der Waals surface area contributed by atoms with Crippen molar-refractivity contribution in [2.45, 2.75) is 63.3 Å². The van der Waals surface area contributed by atoms with Crippen LogP contribution in [0.15, 0.2) is 18.2 Å². The highest BCUT2D eigenvalue weighted by molar-refractivity contribution is 6.09. The predicted molar refractivity (Wildman–Crippen MR) is 97.7 cm³/mol. The second kappa shape index (κ2) is 7.00. The Balaban J connectivity index is 1.40. The van der Waals surface area contributed by atoms with Crippen LogP contribution in [0.2, 0.25) is 0 Å². The number of rotatable bonds is 3. The van der Waals surface area contributed by atoms with Crippen LogP contribution in [0, 0.1) is 0 Å². The third-order valence-corrected chi connectivity index (χ3v) is 6.35. The smallest absolute Gasteiger partial charge is 0.255 e. The summed E-state index contributed by atoms with van der Waals surface area (Å²) in [5.74, 6) is -0.583. The van der Waals surface area contributed by atoms with Gasteiger partial charge in [-0.25, -0.2) is 0 Å². The minimum Gasteiger partial charge on any atom is -0.393 e. The van der Waals surface area contributed by atoms with Gasteiger partial charge in [0.25, 0.3) is 5.91 Å². The first-order valence-corrected chi connectivity index (χ1v) is 9.69. The minimum absolute atomic E-state index is 0.0476. The summed E-state index contributed by atoms with van der Waals surface area (Å²) in [6.45, 7) is 2.57. The van der Waals surface area contributed by atoms with Gasteiger partial charge in [-0.3, -0.25) is 9.59 Å².